The van der Waals surface area contributed by atoms with Crippen LogP contribution >= 0.6 is 11.6 Å². The van der Waals surface area contributed by atoms with Gasteiger partial charge in [0.05, 0.1) is 5.70 Å². The zero-order valence-electron chi connectivity index (χ0n) is 6.11. The molecule has 4 heteroatoms. The molecule has 0 amide bonds. The van der Waals surface area contributed by atoms with Gasteiger partial charge in [-0.2, -0.15) is 0 Å². The largest absolute Gasteiger partial charge is 0.395 e. The first-order valence-corrected chi connectivity index (χ1v) is 3.38. The first-order chi connectivity index (χ1) is 4.57. The summed E-state index contributed by atoms with van der Waals surface area (Å²) in [6.45, 7) is 3.89. The second kappa shape index (κ2) is 4.17. The van der Waals surface area contributed by atoms with Crippen LogP contribution < -0.4 is 11.1 Å². The van der Waals surface area contributed by atoms with Crippen LogP contribution in [0.5, 0.6) is 0 Å². The van der Waals surface area contributed by atoms with E-state index in [1.54, 1.807) is 0 Å². The van der Waals surface area contributed by atoms with E-state index in [0.29, 0.717) is 5.16 Å². The van der Waals surface area contributed by atoms with E-state index in [0.717, 1.165) is 6.21 Å². The molecular weight excluding hydrogens is 150 g/mol. The van der Waals surface area contributed by atoms with E-state index in [1.807, 2.05) is 13.8 Å². The fourth-order valence-electron chi connectivity index (χ4n) is 0.400. The lowest BCUT2D eigenvalue weighted by atomic mass is 10.4. The monoisotopic (exact) mass is 161 g/mol. The van der Waals surface area contributed by atoms with Crippen LogP contribution in [-0.4, -0.2) is 12.3 Å². The van der Waals surface area contributed by atoms with Gasteiger partial charge in [-0.25, -0.2) is 0 Å². The highest BCUT2D eigenvalue weighted by atomic mass is 35.5. The number of allylic oxidation sites excluding steroid dienone is 1. The third-order valence-electron chi connectivity index (χ3n) is 0.824. The second-order valence-electron chi connectivity index (χ2n) is 2.21. The Labute approximate surface area is 65.8 Å². The van der Waals surface area contributed by atoms with Crippen LogP contribution in [0, 0.1) is 5.41 Å². The van der Waals surface area contributed by atoms with E-state index in [4.69, 9.17) is 22.7 Å². The van der Waals surface area contributed by atoms with Crippen LogP contribution in [0.1, 0.15) is 13.8 Å². The van der Waals surface area contributed by atoms with Crippen molar-refractivity contribution in [2.45, 2.75) is 19.9 Å². The lowest BCUT2D eigenvalue weighted by Gasteiger charge is -2.08. The predicted molar refractivity (Wildman–Crippen MR) is 44.1 cm³/mol. The van der Waals surface area contributed by atoms with Gasteiger partial charge in [0, 0.05) is 12.3 Å². The molecule has 0 saturated carbocycles. The van der Waals surface area contributed by atoms with Crippen LogP contribution in [0.25, 0.3) is 0 Å². The number of halogens is 1. The number of hydrogen-bond donors (Lipinski definition) is 3. The highest BCUT2D eigenvalue weighted by Crippen LogP contribution is 1.99. The molecule has 0 aromatic heterocycles. The molecule has 58 valence electrons. The molecule has 10 heavy (non-hydrogen) atoms. The lowest BCUT2D eigenvalue weighted by Crippen LogP contribution is -2.22. The van der Waals surface area contributed by atoms with Gasteiger partial charge in [-0.15, -0.1) is 0 Å². The summed E-state index contributed by atoms with van der Waals surface area (Å²) < 4.78 is 0. The summed E-state index contributed by atoms with van der Waals surface area (Å²) in [5, 5.41) is 9.95. The Morgan fingerprint density at radius 3 is 2.50 bits per heavy atom. The molecule has 3 nitrogen and oxygen atoms in total. The Morgan fingerprint density at radius 1 is 1.70 bits per heavy atom. The van der Waals surface area contributed by atoms with Gasteiger partial charge >= 0.3 is 0 Å². The highest BCUT2D eigenvalue weighted by Gasteiger charge is 1.97. The number of nitrogens with two attached hydrogens (primary N) is 1. The molecule has 0 unspecified atom stereocenters. The maximum atomic E-state index is 6.75. The minimum absolute atomic E-state index is 0.242. The smallest absolute Gasteiger partial charge is 0.127 e. The van der Waals surface area contributed by atoms with E-state index in [9.17, 15) is 0 Å². The van der Waals surface area contributed by atoms with E-state index in [1.165, 1.54) is 0 Å². The summed E-state index contributed by atoms with van der Waals surface area (Å²) in [6.07, 6.45) is 1.01. The Kier molecular flexibility index (Phi) is 3.88. The van der Waals surface area contributed by atoms with Gasteiger partial charge in [0.25, 0.3) is 0 Å². The first-order valence-electron chi connectivity index (χ1n) is 3.00. The van der Waals surface area contributed by atoms with Gasteiger partial charge in [0.1, 0.15) is 5.16 Å². The van der Waals surface area contributed by atoms with Crippen LogP contribution in [0.3, 0.4) is 0 Å². The van der Waals surface area contributed by atoms with Gasteiger partial charge in [-0.3, -0.25) is 0 Å². The summed E-state index contributed by atoms with van der Waals surface area (Å²) >= 11 is 5.62. The van der Waals surface area contributed by atoms with Gasteiger partial charge in [0.15, 0.2) is 0 Å². The van der Waals surface area contributed by atoms with E-state index < -0.39 is 0 Å². The normalized spacial score (nSPS) is 12.8. The molecule has 0 heterocycles. The second-order valence-corrected chi connectivity index (χ2v) is 2.59. The molecule has 0 aliphatic heterocycles. The van der Waals surface area contributed by atoms with Crippen LogP contribution in [-0.2, 0) is 0 Å². The molecule has 0 aromatic rings. The maximum absolute atomic E-state index is 6.75. The quantitative estimate of drug-likeness (QED) is 0.427. The molecule has 0 atom stereocenters. The van der Waals surface area contributed by atoms with Crippen molar-refractivity contribution in [1.82, 2.24) is 5.32 Å². The molecule has 0 fully saturated rings. The highest BCUT2D eigenvalue weighted by molar-refractivity contribution is 6.30. The van der Waals surface area contributed by atoms with Gasteiger partial charge in [-0.1, -0.05) is 11.6 Å². The molecule has 0 saturated heterocycles. The molecular formula is C6H12ClN3. The molecule has 0 rings (SSSR count). The molecule has 4 N–H and O–H groups in total. The minimum Gasteiger partial charge on any atom is -0.395 e. The molecule has 0 spiro atoms. The summed E-state index contributed by atoms with van der Waals surface area (Å²) in [4.78, 5) is 0. The first kappa shape index (κ1) is 9.30. The molecule has 0 aromatic carbocycles. The third kappa shape index (κ3) is 3.35. The van der Waals surface area contributed by atoms with Crippen molar-refractivity contribution in [2.24, 2.45) is 5.73 Å². The summed E-state index contributed by atoms with van der Waals surface area (Å²) in [7, 11) is 0. The Hall–Kier alpha value is -0.700. The zero-order valence-corrected chi connectivity index (χ0v) is 6.87. The van der Waals surface area contributed by atoms with Gasteiger partial charge < -0.3 is 16.5 Å². The SMILES string of the molecule is CC(C)N/C(Cl)=C(/N)C=N. The van der Waals surface area contributed by atoms with Crippen molar-refractivity contribution in [2.75, 3.05) is 0 Å². The van der Waals surface area contributed by atoms with Gasteiger partial charge in [-0.05, 0) is 13.8 Å². The Bertz CT molecular complexity index is 151. The third-order valence-corrected chi connectivity index (χ3v) is 1.15. The van der Waals surface area contributed by atoms with Crippen molar-refractivity contribution >= 4 is 17.8 Å². The Balaban J connectivity index is 4.04. The summed E-state index contributed by atoms with van der Waals surface area (Å²) in [5.74, 6) is 0. The van der Waals surface area contributed by atoms with Crippen molar-refractivity contribution in [1.29, 1.82) is 5.41 Å². The minimum atomic E-state index is 0.242. The van der Waals surface area contributed by atoms with E-state index >= 15 is 0 Å². The standard InChI is InChI=1S/C6H12ClN3/c1-4(2)10-6(7)5(9)3-8/h3-4,8,10H,9H2,1-2H3/b6-5+,8-3?. The number of rotatable bonds is 3. The summed E-state index contributed by atoms with van der Waals surface area (Å²) in [6, 6.07) is 0.242. The molecule has 0 radical (unpaired) electrons. The average molecular weight is 162 g/mol. The lowest BCUT2D eigenvalue weighted by molar-refractivity contribution is 0.689. The Morgan fingerprint density at radius 2 is 2.20 bits per heavy atom. The van der Waals surface area contributed by atoms with Gasteiger partial charge in [0.2, 0.25) is 0 Å². The fraction of sp³-hybridized carbons (Fsp3) is 0.500. The molecule has 0 aliphatic rings. The number of nitrogens with one attached hydrogen (secondary N) is 2. The van der Waals surface area contributed by atoms with Crippen LogP contribution in [0.4, 0.5) is 0 Å². The topological polar surface area (TPSA) is 61.9 Å². The number of hydrogen-bond acceptors (Lipinski definition) is 3. The van der Waals surface area contributed by atoms with E-state index in [-0.39, 0.29) is 11.7 Å². The van der Waals surface area contributed by atoms with Crippen LogP contribution in [0.2, 0.25) is 0 Å². The average Bonchev–Trinajstić information content (AvgIpc) is 1.85. The zero-order chi connectivity index (χ0) is 8.15. The van der Waals surface area contributed by atoms with Crippen molar-refractivity contribution in [3.63, 3.8) is 0 Å². The van der Waals surface area contributed by atoms with Crippen LogP contribution in [0.15, 0.2) is 10.9 Å². The maximum Gasteiger partial charge on any atom is 0.127 e. The molecule has 0 bridgehead atoms. The summed E-state index contributed by atoms with van der Waals surface area (Å²) in [5.41, 5.74) is 5.57. The van der Waals surface area contributed by atoms with E-state index in [2.05, 4.69) is 5.32 Å². The molecule has 0 aliphatic carbocycles. The van der Waals surface area contributed by atoms with Crippen molar-refractivity contribution in [3.8, 4) is 0 Å². The van der Waals surface area contributed by atoms with Crippen molar-refractivity contribution < 1.29 is 0 Å². The van der Waals surface area contributed by atoms with Crippen molar-refractivity contribution in [3.05, 3.63) is 10.9 Å². The predicted octanol–water partition coefficient (Wildman–Crippen LogP) is 1.00. The fourth-order valence-corrected chi connectivity index (χ4v) is 0.673.